The van der Waals surface area contributed by atoms with E-state index >= 15 is 0 Å². The number of amides is 2. The van der Waals surface area contributed by atoms with E-state index in [0.717, 1.165) is 0 Å². The molecule has 0 heterocycles. The lowest BCUT2D eigenvalue weighted by Gasteiger charge is -2.09. The van der Waals surface area contributed by atoms with Gasteiger partial charge in [-0.25, -0.2) is 0 Å². The number of nitrogens with zero attached hydrogens (tertiary/aromatic N) is 1. The van der Waals surface area contributed by atoms with Gasteiger partial charge in [-0.15, -0.1) is 0 Å². The summed E-state index contributed by atoms with van der Waals surface area (Å²) in [6.45, 7) is 5.61. The molecule has 0 aliphatic rings. The highest BCUT2D eigenvalue weighted by Gasteiger charge is 2.10. The average molecular weight is 362 g/mol. The van der Waals surface area contributed by atoms with E-state index in [1.807, 2.05) is 30.3 Å². The van der Waals surface area contributed by atoms with Crippen molar-refractivity contribution in [3.8, 4) is 6.07 Å². The number of benzene rings is 2. The van der Waals surface area contributed by atoms with Crippen LogP contribution in [0.25, 0.3) is 0 Å². The van der Waals surface area contributed by atoms with Gasteiger partial charge in [-0.2, -0.15) is 5.26 Å². The molecule has 6 nitrogen and oxygen atoms in total. The van der Waals surface area contributed by atoms with Gasteiger partial charge in [-0.05, 0) is 41.8 Å². The van der Waals surface area contributed by atoms with Crippen LogP contribution in [0.1, 0.15) is 32.3 Å². The van der Waals surface area contributed by atoms with Gasteiger partial charge in [0.25, 0.3) is 5.91 Å². The highest BCUT2D eigenvalue weighted by Crippen LogP contribution is 2.18. The number of carbonyl (C=O) groups excluding carboxylic acids is 2. The fourth-order valence-corrected chi connectivity index (χ4v) is 2.34. The maximum Gasteiger partial charge on any atom is 0.267 e. The molecule has 0 radical (unpaired) electrons. The first kappa shape index (κ1) is 19.7. The van der Waals surface area contributed by atoms with Crippen LogP contribution in [0.4, 0.5) is 17.1 Å². The Labute approximate surface area is 158 Å². The third-order valence-electron chi connectivity index (χ3n) is 3.77. The lowest BCUT2D eigenvalue weighted by atomic mass is 10.0. The first-order valence-electron chi connectivity index (χ1n) is 8.55. The zero-order chi connectivity index (χ0) is 19.8. The normalized spacial score (nSPS) is 10.9. The largest absolute Gasteiger partial charge is 0.360 e. The van der Waals surface area contributed by atoms with Crippen molar-refractivity contribution in [1.82, 2.24) is 0 Å². The van der Waals surface area contributed by atoms with Gasteiger partial charge in [0, 0.05) is 30.2 Å². The van der Waals surface area contributed by atoms with Crippen LogP contribution in [0.5, 0.6) is 0 Å². The molecular weight excluding hydrogens is 340 g/mol. The minimum atomic E-state index is -0.500. The standard InChI is InChI=1S/C21H22N4O2/c1-14(2)16-7-9-18(10-8-16)25-21(27)17(12-22)13-23-19-5-4-6-20(11-19)24-15(3)26/h4-11,13-14,23H,1-3H3,(H,24,26)(H,25,27)/b17-13-. The van der Waals surface area contributed by atoms with Crippen molar-refractivity contribution in [2.75, 3.05) is 16.0 Å². The van der Waals surface area contributed by atoms with Crippen LogP contribution in [0.2, 0.25) is 0 Å². The van der Waals surface area contributed by atoms with E-state index in [4.69, 9.17) is 0 Å². The molecule has 2 rings (SSSR count). The molecule has 0 unspecified atom stereocenters. The number of anilines is 3. The lowest BCUT2D eigenvalue weighted by Crippen LogP contribution is -2.14. The van der Waals surface area contributed by atoms with E-state index in [9.17, 15) is 14.9 Å². The summed E-state index contributed by atoms with van der Waals surface area (Å²) in [5.74, 6) is -0.273. The molecule has 2 aromatic rings. The van der Waals surface area contributed by atoms with Crippen molar-refractivity contribution in [3.63, 3.8) is 0 Å². The summed E-state index contributed by atoms with van der Waals surface area (Å²) >= 11 is 0. The molecule has 138 valence electrons. The van der Waals surface area contributed by atoms with Crippen molar-refractivity contribution in [2.45, 2.75) is 26.7 Å². The molecule has 27 heavy (non-hydrogen) atoms. The quantitative estimate of drug-likeness (QED) is 0.529. The second kappa shape index (κ2) is 9.20. The van der Waals surface area contributed by atoms with Crippen molar-refractivity contribution in [3.05, 3.63) is 65.9 Å². The maximum absolute atomic E-state index is 12.3. The van der Waals surface area contributed by atoms with E-state index in [1.54, 1.807) is 24.3 Å². The molecule has 0 saturated carbocycles. The van der Waals surface area contributed by atoms with Gasteiger partial charge in [0.2, 0.25) is 5.91 Å². The minimum Gasteiger partial charge on any atom is -0.360 e. The summed E-state index contributed by atoms with van der Waals surface area (Å²) in [7, 11) is 0. The van der Waals surface area contributed by atoms with Crippen molar-refractivity contribution < 1.29 is 9.59 Å². The van der Waals surface area contributed by atoms with E-state index in [0.29, 0.717) is 23.0 Å². The molecule has 2 amide bonds. The zero-order valence-corrected chi connectivity index (χ0v) is 15.5. The molecule has 0 atom stereocenters. The Balaban J connectivity index is 2.06. The van der Waals surface area contributed by atoms with Gasteiger partial charge >= 0.3 is 0 Å². The van der Waals surface area contributed by atoms with Gasteiger partial charge in [0.15, 0.2) is 0 Å². The zero-order valence-electron chi connectivity index (χ0n) is 15.5. The number of rotatable bonds is 6. The van der Waals surface area contributed by atoms with Crippen LogP contribution in [-0.2, 0) is 9.59 Å². The van der Waals surface area contributed by atoms with Crippen LogP contribution in [0.3, 0.4) is 0 Å². The van der Waals surface area contributed by atoms with Gasteiger partial charge in [0.05, 0.1) is 0 Å². The maximum atomic E-state index is 12.3. The van der Waals surface area contributed by atoms with Crippen molar-refractivity contribution in [1.29, 1.82) is 5.26 Å². The van der Waals surface area contributed by atoms with Crippen LogP contribution in [0.15, 0.2) is 60.3 Å². The number of carbonyl (C=O) groups is 2. The fraction of sp³-hybridized carbons (Fsp3) is 0.190. The number of hydrogen-bond donors (Lipinski definition) is 3. The minimum absolute atomic E-state index is 0.0622. The Morgan fingerprint density at radius 1 is 1.00 bits per heavy atom. The SMILES string of the molecule is CC(=O)Nc1cccc(N/C=C(/C#N)C(=O)Nc2ccc(C(C)C)cc2)c1. The highest BCUT2D eigenvalue weighted by molar-refractivity contribution is 6.06. The molecule has 0 bridgehead atoms. The number of hydrogen-bond acceptors (Lipinski definition) is 4. The Kier molecular flexibility index (Phi) is 6.73. The number of nitriles is 1. The second-order valence-corrected chi connectivity index (χ2v) is 6.31. The Bertz CT molecular complexity index is 893. The monoisotopic (exact) mass is 362 g/mol. The first-order chi connectivity index (χ1) is 12.9. The number of nitrogens with one attached hydrogen (secondary N) is 3. The molecular formula is C21H22N4O2. The molecule has 2 aromatic carbocycles. The topological polar surface area (TPSA) is 94.0 Å². The highest BCUT2D eigenvalue weighted by atomic mass is 16.2. The first-order valence-corrected chi connectivity index (χ1v) is 8.55. The molecule has 0 fully saturated rings. The molecule has 0 saturated heterocycles. The smallest absolute Gasteiger partial charge is 0.267 e. The Morgan fingerprint density at radius 2 is 1.67 bits per heavy atom. The van der Waals surface area contributed by atoms with Crippen LogP contribution < -0.4 is 16.0 Å². The summed E-state index contributed by atoms with van der Waals surface area (Å²) in [6, 6.07) is 16.4. The van der Waals surface area contributed by atoms with Crippen LogP contribution >= 0.6 is 0 Å². The lowest BCUT2D eigenvalue weighted by molar-refractivity contribution is -0.114. The van der Waals surface area contributed by atoms with E-state index < -0.39 is 5.91 Å². The van der Waals surface area contributed by atoms with Crippen molar-refractivity contribution in [2.24, 2.45) is 0 Å². The van der Waals surface area contributed by atoms with E-state index in [2.05, 4.69) is 29.8 Å². The van der Waals surface area contributed by atoms with Crippen LogP contribution in [-0.4, -0.2) is 11.8 Å². The van der Waals surface area contributed by atoms with E-state index in [-0.39, 0.29) is 11.5 Å². The predicted molar refractivity (Wildman–Crippen MR) is 107 cm³/mol. The summed E-state index contributed by atoms with van der Waals surface area (Å²) in [5.41, 5.74) is 2.99. The van der Waals surface area contributed by atoms with Crippen molar-refractivity contribution >= 4 is 28.9 Å². The molecule has 0 aromatic heterocycles. The average Bonchev–Trinajstić information content (AvgIpc) is 2.62. The van der Waals surface area contributed by atoms with Gasteiger partial charge < -0.3 is 16.0 Å². The van der Waals surface area contributed by atoms with Gasteiger partial charge in [0.1, 0.15) is 11.6 Å². The summed E-state index contributed by atoms with van der Waals surface area (Å²) in [4.78, 5) is 23.4. The summed E-state index contributed by atoms with van der Waals surface area (Å²) in [5, 5.41) is 17.5. The summed E-state index contributed by atoms with van der Waals surface area (Å²) in [6.07, 6.45) is 1.34. The molecule has 0 aliphatic carbocycles. The second-order valence-electron chi connectivity index (χ2n) is 6.31. The Hall–Kier alpha value is -3.59. The Morgan fingerprint density at radius 3 is 2.26 bits per heavy atom. The summed E-state index contributed by atoms with van der Waals surface area (Å²) < 4.78 is 0. The molecule has 0 spiro atoms. The predicted octanol–water partition coefficient (Wildman–Crippen LogP) is 4.23. The molecule has 0 aliphatic heterocycles. The third kappa shape index (κ3) is 6.01. The molecule has 6 heteroatoms. The fourth-order valence-electron chi connectivity index (χ4n) is 2.34. The van der Waals surface area contributed by atoms with E-state index in [1.165, 1.54) is 18.7 Å². The van der Waals surface area contributed by atoms with Crippen LogP contribution in [0, 0.1) is 11.3 Å². The third-order valence-corrected chi connectivity index (χ3v) is 3.77. The van der Waals surface area contributed by atoms with Gasteiger partial charge in [-0.3, -0.25) is 9.59 Å². The van der Waals surface area contributed by atoms with Gasteiger partial charge in [-0.1, -0.05) is 32.0 Å². The molecule has 3 N–H and O–H groups in total.